The first kappa shape index (κ1) is 15.9. The Morgan fingerprint density at radius 2 is 1.84 bits per heavy atom. The Morgan fingerprint density at radius 1 is 1.26 bits per heavy atom. The molecule has 1 heterocycles. The number of hydrogen-bond acceptors (Lipinski definition) is 4. The van der Waals surface area contributed by atoms with Crippen LogP contribution < -0.4 is 5.32 Å². The fourth-order valence-electron chi connectivity index (χ4n) is 2.54. The first-order valence-electron chi connectivity index (χ1n) is 6.91. The van der Waals surface area contributed by atoms with Crippen molar-refractivity contribution in [3.63, 3.8) is 0 Å². The number of rotatable bonds is 7. The molecular formula is C13H24N2O4. The van der Waals surface area contributed by atoms with Gasteiger partial charge in [0, 0.05) is 13.1 Å². The highest BCUT2D eigenvalue weighted by atomic mass is 16.5. The Kier molecular flexibility index (Phi) is 6.80. The van der Waals surface area contributed by atoms with Crippen molar-refractivity contribution < 1.29 is 19.4 Å². The number of carboxylic acid groups (broad SMARTS) is 1. The molecule has 6 nitrogen and oxygen atoms in total. The summed E-state index contributed by atoms with van der Waals surface area (Å²) in [6.07, 6.45) is 1.80. The van der Waals surface area contributed by atoms with Gasteiger partial charge in [0.05, 0.1) is 19.3 Å². The van der Waals surface area contributed by atoms with E-state index in [0.29, 0.717) is 13.2 Å². The third-order valence-electron chi connectivity index (χ3n) is 3.62. The molecule has 0 aromatic carbocycles. The van der Waals surface area contributed by atoms with Crippen LogP contribution in [0.15, 0.2) is 0 Å². The van der Waals surface area contributed by atoms with Gasteiger partial charge >= 0.3 is 5.97 Å². The van der Waals surface area contributed by atoms with Gasteiger partial charge in [0.1, 0.15) is 6.54 Å². The number of amides is 1. The lowest BCUT2D eigenvalue weighted by Gasteiger charge is -2.37. The van der Waals surface area contributed by atoms with Crippen LogP contribution in [0.5, 0.6) is 0 Å². The number of morpholine rings is 1. The second-order valence-corrected chi connectivity index (χ2v) is 4.78. The number of nitrogens with one attached hydrogen (secondary N) is 1. The summed E-state index contributed by atoms with van der Waals surface area (Å²) in [5.41, 5.74) is 0. The summed E-state index contributed by atoms with van der Waals surface area (Å²) in [6, 6.07) is -0.252. The fourth-order valence-corrected chi connectivity index (χ4v) is 2.54. The maximum atomic E-state index is 12.2. The third kappa shape index (κ3) is 4.80. The molecule has 19 heavy (non-hydrogen) atoms. The quantitative estimate of drug-likeness (QED) is 0.698. The lowest BCUT2D eigenvalue weighted by atomic mass is 9.91. The zero-order chi connectivity index (χ0) is 14.3. The number of aliphatic carboxylic acids is 1. The molecule has 1 aliphatic heterocycles. The van der Waals surface area contributed by atoms with E-state index in [1.807, 2.05) is 0 Å². The first-order valence-corrected chi connectivity index (χ1v) is 6.91. The van der Waals surface area contributed by atoms with Gasteiger partial charge in [0.25, 0.3) is 0 Å². The molecule has 0 bridgehead atoms. The number of carbonyl (C=O) groups is 2. The molecule has 0 saturated carbocycles. The molecule has 0 spiro atoms. The van der Waals surface area contributed by atoms with Gasteiger partial charge in [-0.15, -0.1) is 0 Å². The predicted molar refractivity (Wildman–Crippen MR) is 70.9 cm³/mol. The highest BCUT2D eigenvalue weighted by Gasteiger charge is 2.32. The van der Waals surface area contributed by atoms with E-state index in [-0.39, 0.29) is 24.4 Å². The molecule has 1 unspecified atom stereocenters. The summed E-state index contributed by atoms with van der Waals surface area (Å²) in [5, 5.41) is 11.2. The number of ether oxygens (including phenoxy) is 1. The average Bonchev–Trinajstić information content (AvgIpc) is 2.43. The lowest BCUT2D eigenvalue weighted by molar-refractivity contribution is -0.140. The monoisotopic (exact) mass is 272 g/mol. The first-order chi connectivity index (χ1) is 9.10. The van der Waals surface area contributed by atoms with Crippen LogP contribution in [0, 0.1) is 5.92 Å². The topological polar surface area (TPSA) is 78.9 Å². The SMILES string of the molecule is CCC(CC)C(C(=O)NCC(=O)O)N1CCOCC1. The van der Waals surface area contributed by atoms with Crippen LogP contribution in [-0.2, 0) is 14.3 Å². The van der Waals surface area contributed by atoms with E-state index in [0.717, 1.165) is 25.9 Å². The summed E-state index contributed by atoms with van der Waals surface area (Å²) in [7, 11) is 0. The Hall–Kier alpha value is -1.14. The van der Waals surface area contributed by atoms with Gasteiger partial charge in [-0.25, -0.2) is 0 Å². The minimum absolute atomic E-state index is 0.182. The smallest absolute Gasteiger partial charge is 0.322 e. The predicted octanol–water partition coefficient (Wildman–Crippen LogP) is 0.324. The average molecular weight is 272 g/mol. The summed E-state index contributed by atoms with van der Waals surface area (Å²) in [4.78, 5) is 24.9. The molecule has 2 N–H and O–H groups in total. The zero-order valence-electron chi connectivity index (χ0n) is 11.7. The van der Waals surface area contributed by atoms with Gasteiger partial charge in [-0.2, -0.15) is 0 Å². The van der Waals surface area contributed by atoms with Crippen molar-refractivity contribution in [1.29, 1.82) is 0 Å². The van der Waals surface area contributed by atoms with Crippen LogP contribution in [-0.4, -0.2) is 60.8 Å². The molecular weight excluding hydrogens is 248 g/mol. The van der Waals surface area contributed by atoms with Gasteiger partial charge in [0.2, 0.25) is 5.91 Å². The van der Waals surface area contributed by atoms with E-state index in [1.165, 1.54) is 0 Å². The number of carboxylic acids is 1. The fraction of sp³-hybridized carbons (Fsp3) is 0.846. The maximum absolute atomic E-state index is 12.2. The summed E-state index contributed by atoms with van der Waals surface area (Å²) in [6.45, 7) is 6.51. The van der Waals surface area contributed by atoms with E-state index < -0.39 is 5.97 Å². The molecule has 0 aromatic rings. The third-order valence-corrected chi connectivity index (χ3v) is 3.62. The van der Waals surface area contributed by atoms with Crippen LogP contribution >= 0.6 is 0 Å². The van der Waals surface area contributed by atoms with E-state index in [9.17, 15) is 9.59 Å². The number of nitrogens with zero attached hydrogens (tertiary/aromatic N) is 1. The molecule has 1 atom stereocenters. The second-order valence-electron chi connectivity index (χ2n) is 4.78. The van der Waals surface area contributed by atoms with E-state index in [4.69, 9.17) is 9.84 Å². The summed E-state index contributed by atoms with van der Waals surface area (Å²) < 4.78 is 5.31. The van der Waals surface area contributed by atoms with Crippen molar-refractivity contribution in [1.82, 2.24) is 10.2 Å². The molecule has 1 aliphatic rings. The van der Waals surface area contributed by atoms with Crippen molar-refractivity contribution in [2.75, 3.05) is 32.8 Å². The van der Waals surface area contributed by atoms with Crippen LogP contribution in [0.25, 0.3) is 0 Å². The van der Waals surface area contributed by atoms with Crippen LogP contribution in [0.3, 0.4) is 0 Å². The Bertz CT molecular complexity index is 299. The molecule has 6 heteroatoms. The molecule has 0 aliphatic carbocycles. The van der Waals surface area contributed by atoms with Crippen molar-refractivity contribution in [2.45, 2.75) is 32.7 Å². The van der Waals surface area contributed by atoms with Crippen molar-refractivity contribution in [3.05, 3.63) is 0 Å². The molecule has 0 radical (unpaired) electrons. The highest BCUT2D eigenvalue weighted by Crippen LogP contribution is 2.20. The maximum Gasteiger partial charge on any atom is 0.322 e. The normalized spacial score (nSPS) is 18.3. The van der Waals surface area contributed by atoms with Crippen LogP contribution in [0.1, 0.15) is 26.7 Å². The number of carbonyl (C=O) groups excluding carboxylic acids is 1. The molecule has 0 aromatic heterocycles. The van der Waals surface area contributed by atoms with Crippen molar-refractivity contribution in [2.24, 2.45) is 5.92 Å². The summed E-state index contributed by atoms with van der Waals surface area (Å²) in [5.74, 6) is -0.955. The van der Waals surface area contributed by atoms with Crippen molar-refractivity contribution in [3.8, 4) is 0 Å². The molecule has 1 rings (SSSR count). The van der Waals surface area contributed by atoms with E-state index in [1.54, 1.807) is 0 Å². The van der Waals surface area contributed by atoms with E-state index >= 15 is 0 Å². The van der Waals surface area contributed by atoms with E-state index in [2.05, 4.69) is 24.1 Å². The standard InChI is InChI=1S/C13H24N2O4/c1-3-10(4-2)12(13(18)14-9-11(16)17)15-5-7-19-8-6-15/h10,12H,3-9H2,1-2H3,(H,14,18)(H,16,17). The minimum Gasteiger partial charge on any atom is -0.480 e. The van der Waals surface area contributed by atoms with Gasteiger partial charge in [-0.1, -0.05) is 26.7 Å². The molecule has 110 valence electrons. The lowest BCUT2D eigenvalue weighted by Crippen LogP contribution is -2.55. The van der Waals surface area contributed by atoms with Crippen LogP contribution in [0.4, 0.5) is 0 Å². The Balaban J connectivity index is 2.71. The molecule has 1 fully saturated rings. The Morgan fingerprint density at radius 3 is 2.32 bits per heavy atom. The van der Waals surface area contributed by atoms with Gasteiger partial charge < -0.3 is 15.2 Å². The number of hydrogen-bond donors (Lipinski definition) is 2. The van der Waals surface area contributed by atoms with Gasteiger partial charge in [-0.3, -0.25) is 14.5 Å². The largest absolute Gasteiger partial charge is 0.480 e. The molecule has 1 saturated heterocycles. The molecule has 1 amide bonds. The highest BCUT2D eigenvalue weighted by molar-refractivity contribution is 5.85. The van der Waals surface area contributed by atoms with Gasteiger partial charge in [-0.05, 0) is 5.92 Å². The zero-order valence-corrected chi connectivity index (χ0v) is 11.7. The van der Waals surface area contributed by atoms with Crippen molar-refractivity contribution >= 4 is 11.9 Å². The van der Waals surface area contributed by atoms with Gasteiger partial charge in [0.15, 0.2) is 0 Å². The van der Waals surface area contributed by atoms with Crippen LogP contribution in [0.2, 0.25) is 0 Å². The summed E-state index contributed by atoms with van der Waals surface area (Å²) >= 11 is 0. The Labute approximate surface area is 114 Å². The second kappa shape index (κ2) is 8.12. The minimum atomic E-state index is -1.02.